The van der Waals surface area contributed by atoms with Crippen molar-refractivity contribution in [2.75, 3.05) is 0 Å². The fraction of sp³-hybridized carbons (Fsp3) is 0.158. The SMILES string of the molecule is N#Cc1ccc(/C(F)=C/[C@@H](c2cc(Cl)c(Cl)c(C=O)c2)C(F)(F)F)cc1C(F)(F)F. The molecule has 0 heterocycles. The monoisotopic (exact) mass is 469 g/mol. The van der Waals surface area contributed by atoms with E-state index in [0.29, 0.717) is 6.07 Å². The molecule has 0 bridgehead atoms. The number of alkyl halides is 6. The van der Waals surface area contributed by atoms with E-state index in [2.05, 4.69) is 0 Å². The summed E-state index contributed by atoms with van der Waals surface area (Å²) in [5.74, 6) is -4.26. The van der Waals surface area contributed by atoms with Crippen LogP contribution in [0.15, 0.2) is 36.4 Å². The van der Waals surface area contributed by atoms with Crippen LogP contribution in [0.1, 0.15) is 38.5 Å². The quantitative estimate of drug-likeness (QED) is 0.346. The van der Waals surface area contributed by atoms with Crippen molar-refractivity contribution in [1.29, 1.82) is 5.26 Å². The number of aldehydes is 1. The maximum Gasteiger partial charge on any atom is 0.417 e. The third-order valence-electron chi connectivity index (χ3n) is 3.95. The molecule has 0 aliphatic carbocycles. The van der Waals surface area contributed by atoms with Gasteiger partial charge >= 0.3 is 12.4 Å². The highest BCUT2D eigenvalue weighted by Crippen LogP contribution is 2.41. The minimum absolute atomic E-state index is 0.0513. The molecule has 0 unspecified atom stereocenters. The zero-order valence-corrected chi connectivity index (χ0v) is 15.9. The smallest absolute Gasteiger partial charge is 0.298 e. The van der Waals surface area contributed by atoms with Crippen LogP contribution in [0.2, 0.25) is 10.0 Å². The number of carbonyl (C=O) groups is 1. The Hall–Kier alpha value is -2.57. The predicted molar refractivity (Wildman–Crippen MR) is 95.9 cm³/mol. The molecule has 11 heteroatoms. The number of halogens is 9. The number of nitriles is 1. The third kappa shape index (κ3) is 5.12. The molecule has 1 atom stereocenters. The van der Waals surface area contributed by atoms with Crippen LogP contribution >= 0.6 is 23.2 Å². The summed E-state index contributed by atoms with van der Waals surface area (Å²) in [5.41, 5.74) is -4.14. The lowest BCUT2D eigenvalue weighted by molar-refractivity contribution is -0.140. The van der Waals surface area contributed by atoms with Crippen molar-refractivity contribution in [1.82, 2.24) is 0 Å². The molecule has 0 aliphatic heterocycles. The second-order valence-electron chi connectivity index (χ2n) is 5.93. The molecule has 0 aromatic heterocycles. The van der Waals surface area contributed by atoms with Gasteiger partial charge < -0.3 is 0 Å². The number of nitrogens with zero attached hydrogens (tertiary/aromatic N) is 1. The van der Waals surface area contributed by atoms with E-state index in [0.717, 1.165) is 18.2 Å². The average Bonchev–Trinajstić information content (AvgIpc) is 2.65. The van der Waals surface area contributed by atoms with Gasteiger partial charge in [-0.1, -0.05) is 29.3 Å². The highest BCUT2D eigenvalue weighted by Gasteiger charge is 2.40. The summed E-state index contributed by atoms with van der Waals surface area (Å²) in [6, 6.07) is 4.45. The fourth-order valence-electron chi connectivity index (χ4n) is 2.54. The minimum atomic E-state index is -5.08. The van der Waals surface area contributed by atoms with Gasteiger partial charge in [-0.15, -0.1) is 0 Å². The van der Waals surface area contributed by atoms with Crippen molar-refractivity contribution in [2.45, 2.75) is 18.3 Å². The minimum Gasteiger partial charge on any atom is -0.298 e. The summed E-state index contributed by atoms with van der Waals surface area (Å²) < 4.78 is 94.2. The number of benzene rings is 2. The Bertz CT molecular complexity index is 1050. The standard InChI is InChI=1S/C19H8Cl2F7NO/c20-15-5-11(3-12(8-30)17(15)21)14(19(26,27)28)6-16(22)9-1-2-10(7-29)13(4-9)18(23,24)25/h1-6,8,14H/b16-6-/t14-/m0/s1. The normalized spacial score (nSPS) is 13.7. The molecular weight excluding hydrogens is 462 g/mol. The van der Waals surface area contributed by atoms with Crippen molar-refractivity contribution in [3.05, 3.63) is 74.3 Å². The summed E-state index contributed by atoms with van der Waals surface area (Å²) in [5, 5.41) is 8.06. The van der Waals surface area contributed by atoms with E-state index in [1.807, 2.05) is 0 Å². The first-order chi connectivity index (χ1) is 13.8. The second-order valence-corrected chi connectivity index (χ2v) is 6.71. The van der Waals surface area contributed by atoms with Gasteiger partial charge in [-0.2, -0.15) is 31.6 Å². The zero-order chi connectivity index (χ0) is 22.9. The Labute approximate surface area is 175 Å². The Morgan fingerprint density at radius 3 is 2.20 bits per heavy atom. The molecule has 0 spiro atoms. The van der Waals surface area contributed by atoms with Crippen LogP contribution in [0.4, 0.5) is 30.7 Å². The molecule has 0 saturated carbocycles. The molecule has 158 valence electrons. The Kier molecular flexibility index (Phi) is 6.84. The van der Waals surface area contributed by atoms with Gasteiger partial charge in [0.05, 0.1) is 27.2 Å². The van der Waals surface area contributed by atoms with E-state index in [4.69, 9.17) is 28.5 Å². The molecule has 2 aromatic rings. The second kappa shape index (κ2) is 8.66. The van der Waals surface area contributed by atoms with Gasteiger partial charge in [0.2, 0.25) is 0 Å². The largest absolute Gasteiger partial charge is 0.417 e. The average molecular weight is 470 g/mol. The lowest BCUT2D eigenvalue weighted by Crippen LogP contribution is -2.19. The van der Waals surface area contributed by atoms with E-state index in [1.54, 1.807) is 0 Å². The van der Waals surface area contributed by atoms with Gasteiger partial charge in [0.1, 0.15) is 11.7 Å². The van der Waals surface area contributed by atoms with E-state index in [-0.39, 0.29) is 29.0 Å². The van der Waals surface area contributed by atoms with Crippen molar-refractivity contribution in [2.24, 2.45) is 0 Å². The molecule has 0 aliphatic rings. The summed E-state index contributed by atoms with van der Waals surface area (Å²) in [7, 11) is 0. The number of allylic oxidation sites excluding steroid dienone is 1. The van der Waals surface area contributed by atoms with Crippen LogP contribution in [0.3, 0.4) is 0 Å². The maximum atomic E-state index is 14.5. The van der Waals surface area contributed by atoms with Gasteiger partial charge in [-0.05, 0) is 35.9 Å². The third-order valence-corrected chi connectivity index (χ3v) is 4.77. The first-order valence-electron chi connectivity index (χ1n) is 7.79. The number of hydrogen-bond acceptors (Lipinski definition) is 2. The Morgan fingerprint density at radius 2 is 1.70 bits per heavy atom. The molecule has 0 radical (unpaired) electrons. The van der Waals surface area contributed by atoms with Crippen LogP contribution in [0, 0.1) is 11.3 Å². The van der Waals surface area contributed by atoms with Gasteiger partial charge in [0, 0.05) is 11.1 Å². The van der Waals surface area contributed by atoms with E-state index < -0.39 is 51.4 Å². The van der Waals surface area contributed by atoms with Crippen molar-refractivity contribution < 1.29 is 35.5 Å². The maximum absolute atomic E-state index is 14.5. The topological polar surface area (TPSA) is 40.9 Å². The van der Waals surface area contributed by atoms with Crippen LogP contribution in [0.25, 0.3) is 5.83 Å². The number of carbonyl (C=O) groups excluding carboxylic acids is 1. The molecule has 2 rings (SSSR count). The molecule has 2 nitrogen and oxygen atoms in total. The molecule has 0 N–H and O–H groups in total. The zero-order valence-electron chi connectivity index (χ0n) is 14.4. The van der Waals surface area contributed by atoms with Crippen LogP contribution < -0.4 is 0 Å². The van der Waals surface area contributed by atoms with Crippen molar-refractivity contribution in [3.8, 4) is 6.07 Å². The molecule has 0 fully saturated rings. The molecule has 2 aromatic carbocycles. The highest BCUT2D eigenvalue weighted by molar-refractivity contribution is 6.43. The fourth-order valence-corrected chi connectivity index (χ4v) is 2.93. The Morgan fingerprint density at radius 1 is 1.07 bits per heavy atom. The molecule has 30 heavy (non-hydrogen) atoms. The van der Waals surface area contributed by atoms with Crippen LogP contribution in [-0.2, 0) is 6.18 Å². The number of rotatable bonds is 4. The van der Waals surface area contributed by atoms with E-state index in [1.165, 1.54) is 6.07 Å². The number of hydrogen-bond donors (Lipinski definition) is 0. The molecule has 0 amide bonds. The summed E-state index contributed by atoms with van der Waals surface area (Å²) in [4.78, 5) is 11.0. The Balaban J connectivity index is 2.63. The van der Waals surface area contributed by atoms with E-state index >= 15 is 0 Å². The van der Waals surface area contributed by atoms with E-state index in [9.17, 15) is 35.5 Å². The van der Waals surface area contributed by atoms with Gasteiger partial charge in [-0.25, -0.2) is 4.39 Å². The van der Waals surface area contributed by atoms with Gasteiger partial charge in [0.15, 0.2) is 6.29 Å². The van der Waals surface area contributed by atoms with Gasteiger partial charge in [0.25, 0.3) is 0 Å². The first kappa shape index (κ1) is 23.7. The van der Waals surface area contributed by atoms with Gasteiger partial charge in [-0.3, -0.25) is 4.79 Å². The summed E-state index contributed by atoms with van der Waals surface area (Å²) in [6.45, 7) is 0. The predicted octanol–water partition coefficient (Wildman–Crippen LogP) is 7.35. The first-order valence-corrected chi connectivity index (χ1v) is 8.55. The molecular formula is C19H8Cl2F7NO. The molecule has 0 saturated heterocycles. The summed E-state index contributed by atoms with van der Waals surface area (Å²) >= 11 is 11.4. The van der Waals surface area contributed by atoms with Crippen LogP contribution in [-0.4, -0.2) is 12.5 Å². The lowest BCUT2D eigenvalue weighted by Gasteiger charge is -2.19. The highest BCUT2D eigenvalue weighted by atomic mass is 35.5. The van der Waals surface area contributed by atoms with Crippen molar-refractivity contribution >= 4 is 35.3 Å². The van der Waals surface area contributed by atoms with Crippen molar-refractivity contribution in [3.63, 3.8) is 0 Å². The lowest BCUT2D eigenvalue weighted by atomic mass is 9.94. The summed E-state index contributed by atoms with van der Waals surface area (Å²) in [6.07, 6.45) is -9.89. The van der Waals surface area contributed by atoms with Crippen LogP contribution in [0.5, 0.6) is 0 Å².